The van der Waals surface area contributed by atoms with Crippen LogP contribution in [-0.4, -0.2) is 24.4 Å². The van der Waals surface area contributed by atoms with E-state index in [2.05, 4.69) is 0 Å². The Morgan fingerprint density at radius 2 is 2.06 bits per heavy atom. The normalized spacial score (nSPS) is 14.1. The van der Waals surface area contributed by atoms with Crippen molar-refractivity contribution < 1.29 is 9.18 Å². The monoisotopic (exact) mass is 252 g/mol. The average molecular weight is 252 g/mol. The molecule has 0 spiro atoms. The van der Waals surface area contributed by atoms with Crippen molar-refractivity contribution in [2.45, 2.75) is 26.8 Å². The zero-order valence-corrected chi connectivity index (χ0v) is 11.2. The van der Waals surface area contributed by atoms with Gasteiger partial charge in [-0.2, -0.15) is 0 Å². The Bertz CT molecular complexity index is 416. The van der Waals surface area contributed by atoms with Crippen molar-refractivity contribution in [2.75, 3.05) is 13.6 Å². The third kappa shape index (κ3) is 3.07. The van der Waals surface area contributed by atoms with Gasteiger partial charge in [0.15, 0.2) is 0 Å². The third-order valence-corrected chi connectivity index (χ3v) is 3.46. The second-order valence-corrected chi connectivity index (χ2v) is 4.87. The lowest BCUT2D eigenvalue weighted by Crippen LogP contribution is -2.44. The largest absolute Gasteiger partial charge is 0.341 e. The molecule has 0 radical (unpaired) electrons. The number of nitrogens with zero attached hydrogens (tertiary/aromatic N) is 1. The molecule has 1 amide bonds. The van der Waals surface area contributed by atoms with E-state index in [9.17, 15) is 9.18 Å². The fourth-order valence-electron chi connectivity index (χ4n) is 1.80. The summed E-state index contributed by atoms with van der Waals surface area (Å²) >= 11 is 0. The predicted octanol–water partition coefficient (Wildman–Crippen LogP) is 2.16. The maximum absolute atomic E-state index is 13.5. The Kier molecular flexibility index (Phi) is 4.84. The Labute approximate surface area is 108 Å². The average Bonchev–Trinajstić information content (AvgIpc) is 2.39. The van der Waals surface area contributed by atoms with Crippen LogP contribution in [0.1, 0.15) is 25.8 Å². The molecule has 0 aliphatic rings. The minimum absolute atomic E-state index is 0.0456. The first-order valence-corrected chi connectivity index (χ1v) is 6.13. The van der Waals surface area contributed by atoms with Crippen LogP contribution in [0, 0.1) is 11.2 Å². The molecule has 1 aromatic carbocycles. The van der Waals surface area contributed by atoms with Gasteiger partial charge in [0.2, 0.25) is 5.91 Å². The third-order valence-electron chi connectivity index (χ3n) is 3.46. The van der Waals surface area contributed by atoms with E-state index in [-0.39, 0.29) is 18.3 Å². The Morgan fingerprint density at radius 3 is 2.56 bits per heavy atom. The van der Waals surface area contributed by atoms with Gasteiger partial charge in [-0.3, -0.25) is 4.79 Å². The van der Waals surface area contributed by atoms with Crippen LogP contribution in [0.2, 0.25) is 0 Å². The van der Waals surface area contributed by atoms with Gasteiger partial charge in [-0.1, -0.05) is 25.1 Å². The van der Waals surface area contributed by atoms with Crippen LogP contribution in [0.5, 0.6) is 0 Å². The number of rotatable bonds is 5. The smallest absolute Gasteiger partial charge is 0.229 e. The number of hydrogen-bond acceptors (Lipinski definition) is 2. The number of nitrogens with two attached hydrogens (primary N) is 1. The van der Waals surface area contributed by atoms with Crippen molar-refractivity contribution in [1.29, 1.82) is 0 Å². The SMILES string of the molecule is CCC(C)(CN)C(=O)N(C)Cc1ccccc1F. The molecule has 0 saturated carbocycles. The molecular weight excluding hydrogens is 231 g/mol. The van der Waals surface area contributed by atoms with E-state index in [1.54, 1.807) is 25.2 Å². The predicted molar refractivity (Wildman–Crippen MR) is 70.3 cm³/mol. The van der Waals surface area contributed by atoms with Gasteiger partial charge in [0.25, 0.3) is 0 Å². The molecule has 0 aliphatic carbocycles. The Balaban J connectivity index is 2.80. The van der Waals surface area contributed by atoms with Gasteiger partial charge < -0.3 is 10.6 Å². The molecule has 4 heteroatoms. The number of hydrogen-bond donors (Lipinski definition) is 1. The number of carbonyl (C=O) groups is 1. The van der Waals surface area contributed by atoms with Gasteiger partial charge in [0, 0.05) is 25.7 Å². The molecule has 1 rings (SSSR count). The molecule has 2 N–H and O–H groups in total. The topological polar surface area (TPSA) is 46.3 Å². The van der Waals surface area contributed by atoms with E-state index in [0.717, 1.165) is 0 Å². The molecule has 0 saturated heterocycles. The summed E-state index contributed by atoms with van der Waals surface area (Å²) in [5.74, 6) is -0.334. The van der Waals surface area contributed by atoms with E-state index in [1.165, 1.54) is 11.0 Å². The molecule has 0 aromatic heterocycles. The van der Waals surface area contributed by atoms with E-state index < -0.39 is 5.41 Å². The first-order chi connectivity index (χ1) is 8.44. The summed E-state index contributed by atoms with van der Waals surface area (Å²) in [6.07, 6.45) is 0.671. The standard InChI is InChI=1S/C14H21FN2O/c1-4-14(2,10-16)13(18)17(3)9-11-7-5-6-8-12(11)15/h5-8H,4,9-10,16H2,1-3H3. The van der Waals surface area contributed by atoms with Crippen LogP contribution >= 0.6 is 0 Å². The lowest BCUT2D eigenvalue weighted by molar-refractivity contribution is -0.140. The van der Waals surface area contributed by atoms with Crippen molar-refractivity contribution in [2.24, 2.45) is 11.1 Å². The first kappa shape index (κ1) is 14.6. The van der Waals surface area contributed by atoms with Crippen LogP contribution in [0.25, 0.3) is 0 Å². The fourth-order valence-corrected chi connectivity index (χ4v) is 1.80. The molecule has 0 bridgehead atoms. The zero-order chi connectivity index (χ0) is 13.8. The lowest BCUT2D eigenvalue weighted by atomic mass is 9.86. The Hall–Kier alpha value is -1.42. The van der Waals surface area contributed by atoms with Gasteiger partial charge >= 0.3 is 0 Å². The molecule has 1 unspecified atom stereocenters. The minimum atomic E-state index is -0.569. The summed E-state index contributed by atoms with van der Waals surface area (Å²) in [4.78, 5) is 13.8. The highest BCUT2D eigenvalue weighted by Gasteiger charge is 2.32. The summed E-state index contributed by atoms with van der Waals surface area (Å²) in [5, 5.41) is 0. The van der Waals surface area contributed by atoms with Crippen LogP contribution in [0.3, 0.4) is 0 Å². The number of carbonyl (C=O) groups excluding carboxylic acids is 1. The summed E-state index contributed by atoms with van der Waals surface area (Å²) < 4.78 is 13.5. The number of amides is 1. The molecule has 0 fully saturated rings. The van der Waals surface area contributed by atoms with Gasteiger partial charge in [-0.05, 0) is 19.4 Å². The van der Waals surface area contributed by atoms with Crippen LogP contribution in [0.4, 0.5) is 4.39 Å². The van der Waals surface area contributed by atoms with Crippen LogP contribution in [0.15, 0.2) is 24.3 Å². The van der Waals surface area contributed by atoms with Crippen LogP contribution < -0.4 is 5.73 Å². The number of benzene rings is 1. The molecule has 1 atom stereocenters. The number of halogens is 1. The van der Waals surface area contributed by atoms with Gasteiger partial charge in [0.1, 0.15) is 5.82 Å². The molecule has 0 aliphatic heterocycles. The molecule has 100 valence electrons. The van der Waals surface area contributed by atoms with Gasteiger partial charge in [-0.15, -0.1) is 0 Å². The summed E-state index contributed by atoms with van der Waals surface area (Å²) in [5.41, 5.74) is 5.61. The van der Waals surface area contributed by atoms with Crippen LogP contribution in [-0.2, 0) is 11.3 Å². The van der Waals surface area contributed by atoms with Crippen molar-refractivity contribution in [3.8, 4) is 0 Å². The molecule has 3 nitrogen and oxygen atoms in total. The highest BCUT2D eigenvalue weighted by Crippen LogP contribution is 2.23. The molecule has 18 heavy (non-hydrogen) atoms. The molecular formula is C14H21FN2O. The highest BCUT2D eigenvalue weighted by atomic mass is 19.1. The summed E-state index contributed by atoms with van der Waals surface area (Å²) in [6, 6.07) is 6.48. The first-order valence-electron chi connectivity index (χ1n) is 6.13. The van der Waals surface area contributed by atoms with E-state index in [0.29, 0.717) is 18.5 Å². The van der Waals surface area contributed by atoms with E-state index in [1.807, 2.05) is 13.8 Å². The maximum atomic E-state index is 13.5. The molecule has 0 heterocycles. The zero-order valence-electron chi connectivity index (χ0n) is 11.2. The lowest BCUT2D eigenvalue weighted by Gasteiger charge is -2.30. The van der Waals surface area contributed by atoms with E-state index in [4.69, 9.17) is 5.73 Å². The highest BCUT2D eigenvalue weighted by molar-refractivity contribution is 5.82. The van der Waals surface area contributed by atoms with Crippen molar-refractivity contribution >= 4 is 5.91 Å². The summed E-state index contributed by atoms with van der Waals surface area (Å²) in [6.45, 7) is 4.33. The quantitative estimate of drug-likeness (QED) is 0.873. The maximum Gasteiger partial charge on any atom is 0.229 e. The molecule has 1 aromatic rings. The van der Waals surface area contributed by atoms with Crippen molar-refractivity contribution in [1.82, 2.24) is 4.90 Å². The minimum Gasteiger partial charge on any atom is -0.341 e. The Morgan fingerprint density at radius 1 is 1.44 bits per heavy atom. The fraction of sp³-hybridized carbons (Fsp3) is 0.500. The van der Waals surface area contributed by atoms with Gasteiger partial charge in [-0.25, -0.2) is 4.39 Å². The van der Waals surface area contributed by atoms with Crippen molar-refractivity contribution in [3.05, 3.63) is 35.6 Å². The second-order valence-electron chi connectivity index (χ2n) is 4.87. The summed E-state index contributed by atoms with van der Waals surface area (Å²) in [7, 11) is 1.68. The van der Waals surface area contributed by atoms with Crippen molar-refractivity contribution in [3.63, 3.8) is 0 Å². The van der Waals surface area contributed by atoms with Gasteiger partial charge in [0.05, 0.1) is 5.41 Å². The van der Waals surface area contributed by atoms with E-state index >= 15 is 0 Å². The second kappa shape index (κ2) is 5.96.